The molecule has 1 rings (SSSR count). The average Bonchev–Trinajstić information content (AvgIpc) is 2.95. The standard InChI is InChI=1S/C15H27NO4/c1-2-3-4-5-6-7-8-13(15(18)19)16-14(17)12-9-10-20-11-12/h12-13H,2-11H2,1H3,(H,16,17)(H,18,19)/t12-,13-/m0/s1. The summed E-state index contributed by atoms with van der Waals surface area (Å²) in [5.74, 6) is -1.30. The first-order valence-electron chi connectivity index (χ1n) is 7.76. The van der Waals surface area contributed by atoms with Crippen molar-refractivity contribution in [1.82, 2.24) is 5.32 Å². The van der Waals surface area contributed by atoms with Gasteiger partial charge in [-0.2, -0.15) is 0 Å². The molecule has 0 bridgehead atoms. The molecule has 0 aromatic heterocycles. The molecular formula is C15H27NO4. The minimum Gasteiger partial charge on any atom is -0.480 e. The summed E-state index contributed by atoms with van der Waals surface area (Å²) in [6.07, 6.45) is 7.88. The molecule has 0 aromatic carbocycles. The Hall–Kier alpha value is -1.10. The second kappa shape index (κ2) is 9.75. The van der Waals surface area contributed by atoms with Crippen molar-refractivity contribution in [3.63, 3.8) is 0 Å². The molecule has 1 fully saturated rings. The van der Waals surface area contributed by atoms with Gasteiger partial charge in [0.05, 0.1) is 12.5 Å². The van der Waals surface area contributed by atoms with E-state index in [0.717, 1.165) is 19.3 Å². The maximum atomic E-state index is 11.9. The van der Waals surface area contributed by atoms with Crippen LogP contribution < -0.4 is 5.32 Å². The van der Waals surface area contributed by atoms with Gasteiger partial charge in [0.25, 0.3) is 0 Å². The van der Waals surface area contributed by atoms with Crippen molar-refractivity contribution < 1.29 is 19.4 Å². The van der Waals surface area contributed by atoms with Crippen molar-refractivity contribution >= 4 is 11.9 Å². The van der Waals surface area contributed by atoms with Gasteiger partial charge in [0, 0.05) is 6.61 Å². The Morgan fingerprint density at radius 3 is 2.55 bits per heavy atom. The van der Waals surface area contributed by atoms with Gasteiger partial charge in [0.2, 0.25) is 5.91 Å². The van der Waals surface area contributed by atoms with E-state index in [1.54, 1.807) is 0 Å². The van der Waals surface area contributed by atoms with Crippen LogP contribution in [0.25, 0.3) is 0 Å². The number of unbranched alkanes of at least 4 members (excludes halogenated alkanes) is 5. The first kappa shape index (κ1) is 17.0. The third kappa shape index (κ3) is 6.37. The summed E-state index contributed by atoms with van der Waals surface area (Å²) in [5.41, 5.74) is 0. The Balaban J connectivity index is 2.22. The van der Waals surface area contributed by atoms with Crippen LogP contribution in [-0.2, 0) is 14.3 Å². The quantitative estimate of drug-likeness (QED) is 0.604. The third-order valence-corrected chi connectivity index (χ3v) is 3.76. The molecule has 0 aliphatic carbocycles. The van der Waals surface area contributed by atoms with E-state index in [-0.39, 0.29) is 11.8 Å². The molecule has 1 aliphatic rings. The largest absolute Gasteiger partial charge is 0.480 e. The van der Waals surface area contributed by atoms with Crippen molar-refractivity contribution in [3.8, 4) is 0 Å². The van der Waals surface area contributed by atoms with Crippen LogP contribution >= 0.6 is 0 Å². The monoisotopic (exact) mass is 285 g/mol. The summed E-state index contributed by atoms with van der Waals surface area (Å²) in [6.45, 7) is 3.17. The summed E-state index contributed by atoms with van der Waals surface area (Å²) in [7, 11) is 0. The molecule has 1 saturated heterocycles. The van der Waals surface area contributed by atoms with Crippen LogP contribution in [0.5, 0.6) is 0 Å². The summed E-state index contributed by atoms with van der Waals surface area (Å²) in [4.78, 5) is 23.0. The highest BCUT2D eigenvalue weighted by molar-refractivity contribution is 5.85. The number of hydrogen-bond donors (Lipinski definition) is 2. The van der Waals surface area contributed by atoms with E-state index < -0.39 is 12.0 Å². The van der Waals surface area contributed by atoms with Gasteiger partial charge in [-0.1, -0.05) is 45.4 Å². The molecule has 5 nitrogen and oxygen atoms in total. The number of amides is 1. The van der Waals surface area contributed by atoms with Gasteiger partial charge < -0.3 is 15.2 Å². The van der Waals surface area contributed by atoms with Gasteiger partial charge in [0.1, 0.15) is 6.04 Å². The average molecular weight is 285 g/mol. The summed E-state index contributed by atoms with van der Waals surface area (Å²) in [5, 5.41) is 11.8. The number of rotatable bonds is 10. The molecule has 1 amide bonds. The Morgan fingerprint density at radius 1 is 1.25 bits per heavy atom. The number of hydrogen-bond acceptors (Lipinski definition) is 3. The van der Waals surface area contributed by atoms with E-state index in [1.807, 2.05) is 0 Å². The fourth-order valence-corrected chi connectivity index (χ4v) is 2.42. The number of carboxylic acids is 1. The van der Waals surface area contributed by atoms with Crippen LogP contribution in [0.4, 0.5) is 0 Å². The second-order valence-corrected chi connectivity index (χ2v) is 5.52. The molecule has 1 aliphatic heterocycles. The van der Waals surface area contributed by atoms with Crippen molar-refractivity contribution in [2.75, 3.05) is 13.2 Å². The SMILES string of the molecule is CCCCCCCC[C@H](NC(=O)[C@H]1CCOC1)C(=O)O. The fourth-order valence-electron chi connectivity index (χ4n) is 2.42. The molecule has 5 heteroatoms. The molecule has 1 heterocycles. The molecular weight excluding hydrogens is 258 g/mol. The Kier molecular flexibility index (Phi) is 8.26. The zero-order chi connectivity index (χ0) is 14.8. The third-order valence-electron chi connectivity index (χ3n) is 3.76. The lowest BCUT2D eigenvalue weighted by molar-refractivity contribution is -0.142. The van der Waals surface area contributed by atoms with Gasteiger partial charge >= 0.3 is 5.97 Å². The lowest BCUT2D eigenvalue weighted by Crippen LogP contribution is -2.43. The molecule has 0 saturated carbocycles. The zero-order valence-corrected chi connectivity index (χ0v) is 12.4. The molecule has 0 spiro atoms. The van der Waals surface area contributed by atoms with E-state index >= 15 is 0 Å². The Bertz CT molecular complexity index is 300. The van der Waals surface area contributed by atoms with Crippen molar-refractivity contribution in [1.29, 1.82) is 0 Å². The minimum atomic E-state index is -0.939. The summed E-state index contributed by atoms with van der Waals surface area (Å²) in [6, 6.07) is -0.755. The number of carbonyl (C=O) groups is 2. The van der Waals surface area contributed by atoms with Gasteiger partial charge in [0.15, 0.2) is 0 Å². The number of carboxylic acid groups (broad SMARTS) is 1. The first-order valence-corrected chi connectivity index (χ1v) is 7.76. The van der Waals surface area contributed by atoms with Crippen LogP contribution in [0.3, 0.4) is 0 Å². The first-order chi connectivity index (χ1) is 9.65. The fraction of sp³-hybridized carbons (Fsp3) is 0.867. The second-order valence-electron chi connectivity index (χ2n) is 5.52. The Labute approximate surface area is 121 Å². The van der Waals surface area contributed by atoms with E-state index in [0.29, 0.717) is 26.1 Å². The van der Waals surface area contributed by atoms with E-state index in [4.69, 9.17) is 9.84 Å². The molecule has 2 N–H and O–H groups in total. The van der Waals surface area contributed by atoms with Crippen LogP contribution in [-0.4, -0.2) is 36.2 Å². The molecule has 0 aromatic rings. The van der Waals surface area contributed by atoms with Crippen LogP contribution in [0.15, 0.2) is 0 Å². The zero-order valence-electron chi connectivity index (χ0n) is 12.4. The highest BCUT2D eigenvalue weighted by Gasteiger charge is 2.27. The number of nitrogens with one attached hydrogen (secondary N) is 1. The van der Waals surface area contributed by atoms with Crippen molar-refractivity contribution in [3.05, 3.63) is 0 Å². The van der Waals surface area contributed by atoms with Gasteiger partial charge in [-0.15, -0.1) is 0 Å². The maximum absolute atomic E-state index is 11.9. The van der Waals surface area contributed by atoms with E-state index in [2.05, 4.69) is 12.2 Å². The summed E-state index contributed by atoms with van der Waals surface area (Å²) < 4.78 is 5.15. The van der Waals surface area contributed by atoms with Crippen LogP contribution in [0.2, 0.25) is 0 Å². The van der Waals surface area contributed by atoms with Crippen LogP contribution in [0.1, 0.15) is 58.3 Å². The number of aliphatic carboxylic acids is 1. The molecule has 116 valence electrons. The van der Waals surface area contributed by atoms with E-state index in [9.17, 15) is 9.59 Å². The predicted octanol–water partition coefficient (Wildman–Crippen LogP) is 2.34. The van der Waals surface area contributed by atoms with Crippen LogP contribution in [0, 0.1) is 5.92 Å². The minimum absolute atomic E-state index is 0.179. The molecule has 20 heavy (non-hydrogen) atoms. The highest BCUT2D eigenvalue weighted by atomic mass is 16.5. The number of ether oxygens (including phenoxy) is 1. The predicted molar refractivity (Wildman–Crippen MR) is 76.5 cm³/mol. The normalized spacial score (nSPS) is 19.8. The molecule has 0 radical (unpaired) electrons. The van der Waals surface area contributed by atoms with E-state index in [1.165, 1.54) is 19.3 Å². The van der Waals surface area contributed by atoms with Gasteiger partial charge in [-0.05, 0) is 12.8 Å². The topological polar surface area (TPSA) is 75.6 Å². The molecule has 0 unspecified atom stereocenters. The van der Waals surface area contributed by atoms with Crippen molar-refractivity contribution in [2.24, 2.45) is 5.92 Å². The van der Waals surface area contributed by atoms with Gasteiger partial charge in [-0.25, -0.2) is 4.79 Å². The highest BCUT2D eigenvalue weighted by Crippen LogP contribution is 2.14. The number of carbonyl (C=O) groups excluding carboxylic acids is 1. The smallest absolute Gasteiger partial charge is 0.326 e. The van der Waals surface area contributed by atoms with Gasteiger partial charge in [-0.3, -0.25) is 4.79 Å². The lowest BCUT2D eigenvalue weighted by Gasteiger charge is -2.16. The maximum Gasteiger partial charge on any atom is 0.326 e. The summed E-state index contributed by atoms with van der Waals surface area (Å²) >= 11 is 0. The molecule has 2 atom stereocenters. The van der Waals surface area contributed by atoms with Crippen molar-refractivity contribution in [2.45, 2.75) is 64.3 Å². The lowest BCUT2D eigenvalue weighted by atomic mass is 10.0. The Morgan fingerprint density at radius 2 is 1.95 bits per heavy atom.